The maximum Gasteiger partial charge on any atom is 0.278 e. The van der Waals surface area contributed by atoms with Crippen molar-refractivity contribution in [3.8, 4) is 0 Å². The number of ketones is 1. The van der Waals surface area contributed by atoms with Crippen LogP contribution < -0.4 is 11.1 Å². The third kappa shape index (κ3) is 2.92. The molecule has 2 aromatic rings. The highest BCUT2D eigenvalue weighted by Crippen LogP contribution is 2.12. The number of benzene rings is 1. The lowest BCUT2D eigenvalue weighted by molar-refractivity contribution is 0.101. The number of rotatable bonds is 3. The van der Waals surface area contributed by atoms with Crippen LogP contribution in [0.15, 0.2) is 36.7 Å². The van der Waals surface area contributed by atoms with Gasteiger partial charge in [0.2, 0.25) is 0 Å². The predicted molar refractivity (Wildman–Crippen MR) is 70.8 cm³/mol. The number of carbonyl (C=O) groups is 2. The topological polar surface area (TPSA) is 98.0 Å². The summed E-state index contributed by atoms with van der Waals surface area (Å²) >= 11 is 0. The van der Waals surface area contributed by atoms with Crippen LogP contribution in [0.2, 0.25) is 0 Å². The molecule has 1 heterocycles. The van der Waals surface area contributed by atoms with E-state index in [0.29, 0.717) is 11.3 Å². The summed E-state index contributed by atoms with van der Waals surface area (Å²) in [6.45, 7) is 1.48. The van der Waals surface area contributed by atoms with Gasteiger partial charge >= 0.3 is 0 Å². The summed E-state index contributed by atoms with van der Waals surface area (Å²) in [5, 5.41) is 2.63. The third-order valence-corrected chi connectivity index (χ3v) is 2.49. The Kier molecular flexibility index (Phi) is 3.51. The van der Waals surface area contributed by atoms with Crippen LogP contribution in [0.25, 0.3) is 0 Å². The van der Waals surface area contributed by atoms with Gasteiger partial charge in [0.05, 0.1) is 0 Å². The van der Waals surface area contributed by atoms with Crippen LogP contribution in [-0.2, 0) is 0 Å². The number of anilines is 2. The number of hydrogen-bond acceptors (Lipinski definition) is 5. The standard InChI is InChI=1S/C13H12N4O2/c1-8(18)9-2-4-10(5-3-9)17-13(19)11-12(14)16-7-6-15-11/h2-7H,1H3,(H2,14,16)(H,17,19). The molecule has 1 aromatic carbocycles. The van der Waals surface area contributed by atoms with Crippen LogP contribution in [0.3, 0.4) is 0 Å². The van der Waals surface area contributed by atoms with Crippen LogP contribution in [0, 0.1) is 0 Å². The largest absolute Gasteiger partial charge is 0.382 e. The summed E-state index contributed by atoms with van der Waals surface area (Å²) in [6, 6.07) is 6.55. The molecule has 0 saturated heterocycles. The predicted octanol–water partition coefficient (Wildman–Crippen LogP) is 1.51. The van der Waals surface area contributed by atoms with Crippen LogP contribution in [-0.4, -0.2) is 21.7 Å². The van der Waals surface area contributed by atoms with Crippen molar-refractivity contribution in [2.75, 3.05) is 11.1 Å². The zero-order chi connectivity index (χ0) is 13.8. The van der Waals surface area contributed by atoms with E-state index < -0.39 is 5.91 Å². The second kappa shape index (κ2) is 5.26. The lowest BCUT2D eigenvalue weighted by Crippen LogP contribution is -2.16. The van der Waals surface area contributed by atoms with Crippen molar-refractivity contribution in [1.82, 2.24) is 9.97 Å². The van der Waals surface area contributed by atoms with E-state index in [1.165, 1.54) is 19.3 Å². The molecule has 0 unspecified atom stereocenters. The molecule has 0 bridgehead atoms. The fourth-order valence-corrected chi connectivity index (χ4v) is 1.50. The molecule has 2 rings (SSSR count). The lowest BCUT2D eigenvalue weighted by atomic mass is 10.1. The monoisotopic (exact) mass is 256 g/mol. The quantitative estimate of drug-likeness (QED) is 0.811. The Labute approximate surface area is 109 Å². The van der Waals surface area contributed by atoms with E-state index in [4.69, 9.17) is 5.73 Å². The van der Waals surface area contributed by atoms with Crippen molar-refractivity contribution in [1.29, 1.82) is 0 Å². The van der Waals surface area contributed by atoms with E-state index in [1.54, 1.807) is 24.3 Å². The van der Waals surface area contributed by atoms with Gasteiger partial charge in [0.25, 0.3) is 5.91 Å². The molecule has 96 valence electrons. The van der Waals surface area contributed by atoms with E-state index in [0.717, 1.165) is 0 Å². The van der Waals surface area contributed by atoms with Gasteiger partial charge in [-0.2, -0.15) is 0 Å². The van der Waals surface area contributed by atoms with Gasteiger partial charge < -0.3 is 11.1 Å². The Morgan fingerprint density at radius 1 is 1.11 bits per heavy atom. The number of carbonyl (C=O) groups excluding carboxylic acids is 2. The highest BCUT2D eigenvalue weighted by Gasteiger charge is 2.12. The number of nitrogens with zero attached hydrogens (tertiary/aromatic N) is 2. The first-order valence-electron chi connectivity index (χ1n) is 5.57. The van der Waals surface area contributed by atoms with Crippen LogP contribution >= 0.6 is 0 Å². The van der Waals surface area contributed by atoms with Gasteiger partial charge in [-0.05, 0) is 31.2 Å². The van der Waals surface area contributed by atoms with Gasteiger partial charge in [0.15, 0.2) is 17.3 Å². The molecule has 1 aromatic heterocycles. The second-order valence-corrected chi connectivity index (χ2v) is 3.88. The molecule has 1 amide bonds. The van der Waals surface area contributed by atoms with E-state index in [9.17, 15) is 9.59 Å². The molecule has 0 spiro atoms. The zero-order valence-electron chi connectivity index (χ0n) is 10.3. The fourth-order valence-electron chi connectivity index (χ4n) is 1.50. The molecule has 6 heteroatoms. The average Bonchev–Trinajstić information content (AvgIpc) is 2.39. The van der Waals surface area contributed by atoms with Crippen LogP contribution in [0.5, 0.6) is 0 Å². The van der Waals surface area contributed by atoms with Gasteiger partial charge in [-0.1, -0.05) is 0 Å². The SMILES string of the molecule is CC(=O)c1ccc(NC(=O)c2nccnc2N)cc1. The molecule has 0 atom stereocenters. The summed E-state index contributed by atoms with van der Waals surface area (Å²) in [6.07, 6.45) is 2.80. The summed E-state index contributed by atoms with van der Waals surface area (Å²) < 4.78 is 0. The average molecular weight is 256 g/mol. The number of Topliss-reactive ketones (excluding diaryl/α,β-unsaturated/α-hetero) is 1. The van der Waals surface area contributed by atoms with Crippen molar-refractivity contribution in [2.45, 2.75) is 6.92 Å². The Hall–Kier alpha value is -2.76. The maximum absolute atomic E-state index is 11.9. The zero-order valence-corrected chi connectivity index (χ0v) is 10.3. The van der Waals surface area contributed by atoms with Crippen molar-refractivity contribution in [2.24, 2.45) is 0 Å². The number of aromatic nitrogens is 2. The number of nitrogens with two attached hydrogens (primary N) is 1. The minimum absolute atomic E-state index is 0.0314. The molecule has 0 fully saturated rings. The van der Waals surface area contributed by atoms with E-state index in [-0.39, 0.29) is 17.3 Å². The Balaban J connectivity index is 2.15. The normalized spacial score (nSPS) is 9.95. The number of nitrogen functional groups attached to an aromatic ring is 1. The van der Waals surface area contributed by atoms with Crippen molar-refractivity contribution >= 4 is 23.2 Å². The fraction of sp³-hybridized carbons (Fsp3) is 0.0769. The van der Waals surface area contributed by atoms with Gasteiger partial charge in [-0.3, -0.25) is 9.59 Å². The molecule has 0 aliphatic heterocycles. The van der Waals surface area contributed by atoms with Crippen LogP contribution in [0.1, 0.15) is 27.8 Å². The van der Waals surface area contributed by atoms with E-state index in [1.807, 2.05) is 0 Å². The first-order chi connectivity index (χ1) is 9.08. The highest BCUT2D eigenvalue weighted by molar-refractivity contribution is 6.05. The molecule has 6 nitrogen and oxygen atoms in total. The number of nitrogens with one attached hydrogen (secondary N) is 1. The first-order valence-corrected chi connectivity index (χ1v) is 5.57. The highest BCUT2D eigenvalue weighted by atomic mass is 16.2. The molecular formula is C13H12N4O2. The number of amides is 1. The van der Waals surface area contributed by atoms with Gasteiger partial charge in [-0.15, -0.1) is 0 Å². The Morgan fingerprint density at radius 2 is 1.74 bits per heavy atom. The molecule has 3 N–H and O–H groups in total. The Bertz CT molecular complexity index is 623. The molecule has 0 aliphatic rings. The van der Waals surface area contributed by atoms with Crippen LogP contribution in [0.4, 0.5) is 11.5 Å². The second-order valence-electron chi connectivity index (χ2n) is 3.88. The molecule has 0 aliphatic carbocycles. The summed E-state index contributed by atoms with van der Waals surface area (Å²) in [7, 11) is 0. The first kappa shape index (κ1) is 12.7. The summed E-state index contributed by atoms with van der Waals surface area (Å²) in [4.78, 5) is 30.7. The van der Waals surface area contributed by atoms with Gasteiger partial charge in [0.1, 0.15) is 0 Å². The van der Waals surface area contributed by atoms with Crippen molar-refractivity contribution in [3.05, 3.63) is 47.9 Å². The van der Waals surface area contributed by atoms with E-state index in [2.05, 4.69) is 15.3 Å². The summed E-state index contributed by atoms with van der Waals surface area (Å²) in [5.41, 5.74) is 6.76. The smallest absolute Gasteiger partial charge is 0.278 e. The maximum atomic E-state index is 11.9. The molecule has 0 saturated carbocycles. The molecular weight excluding hydrogens is 244 g/mol. The van der Waals surface area contributed by atoms with E-state index >= 15 is 0 Å². The lowest BCUT2D eigenvalue weighted by Gasteiger charge is -2.06. The number of hydrogen-bond donors (Lipinski definition) is 2. The van der Waals surface area contributed by atoms with Gasteiger partial charge in [0, 0.05) is 23.6 Å². The molecule has 0 radical (unpaired) electrons. The molecule has 19 heavy (non-hydrogen) atoms. The summed E-state index contributed by atoms with van der Waals surface area (Å²) in [5.74, 6) is -0.405. The third-order valence-electron chi connectivity index (χ3n) is 2.49. The van der Waals surface area contributed by atoms with Crippen molar-refractivity contribution < 1.29 is 9.59 Å². The minimum Gasteiger partial charge on any atom is -0.382 e. The minimum atomic E-state index is -0.443. The Morgan fingerprint density at radius 3 is 2.32 bits per heavy atom. The van der Waals surface area contributed by atoms with Gasteiger partial charge in [-0.25, -0.2) is 9.97 Å². The van der Waals surface area contributed by atoms with Crippen molar-refractivity contribution in [3.63, 3.8) is 0 Å².